The lowest BCUT2D eigenvalue weighted by Crippen LogP contribution is -2.56. The van der Waals surface area contributed by atoms with E-state index in [-0.39, 0.29) is 5.41 Å². The average Bonchev–Trinajstić information content (AvgIpc) is 2.19. The first-order valence-corrected chi connectivity index (χ1v) is 5.79. The van der Waals surface area contributed by atoms with Gasteiger partial charge >= 0.3 is 0 Å². The van der Waals surface area contributed by atoms with E-state index >= 15 is 0 Å². The summed E-state index contributed by atoms with van der Waals surface area (Å²) in [5.74, 6) is 0. The van der Waals surface area contributed by atoms with Crippen LogP contribution in [0.5, 0.6) is 0 Å². The molecular weight excluding hydrogens is 172 g/mol. The molecule has 0 radical (unpaired) electrons. The molecule has 78 valence electrons. The van der Waals surface area contributed by atoms with Crippen LogP contribution in [0.4, 0.5) is 0 Å². The summed E-state index contributed by atoms with van der Waals surface area (Å²) in [5.41, 5.74) is 0.438. The van der Waals surface area contributed by atoms with Crippen LogP contribution in [-0.4, -0.2) is 11.6 Å². The van der Waals surface area contributed by atoms with Gasteiger partial charge in [0.05, 0.1) is 11.5 Å². The van der Waals surface area contributed by atoms with E-state index in [4.69, 9.17) is 5.26 Å². The number of fused-ring (bicyclic) bond motifs is 3. The van der Waals surface area contributed by atoms with Crippen LogP contribution in [0.15, 0.2) is 0 Å². The number of rotatable bonds is 2. The largest absolute Gasteiger partial charge is 0.309 e. The molecule has 2 bridgehead atoms. The summed E-state index contributed by atoms with van der Waals surface area (Å²) in [5, 5.41) is 12.9. The molecule has 0 aliphatic heterocycles. The van der Waals surface area contributed by atoms with Gasteiger partial charge in [0.2, 0.25) is 0 Å². The Hall–Kier alpha value is -0.550. The molecule has 3 aliphatic rings. The minimum absolute atomic E-state index is 0.0560. The molecular formula is C12H20N2. The SMILES string of the molecule is CC(C)NC12CCC(C#N)(CC1)CC2. The van der Waals surface area contributed by atoms with Crippen molar-refractivity contribution in [2.24, 2.45) is 5.41 Å². The highest BCUT2D eigenvalue weighted by Gasteiger charge is 2.48. The van der Waals surface area contributed by atoms with E-state index < -0.39 is 0 Å². The van der Waals surface area contributed by atoms with E-state index in [2.05, 4.69) is 25.2 Å². The molecule has 0 aromatic heterocycles. The molecule has 0 spiro atoms. The van der Waals surface area contributed by atoms with Gasteiger partial charge in [0, 0.05) is 11.6 Å². The zero-order valence-corrected chi connectivity index (χ0v) is 9.27. The fraction of sp³-hybridized carbons (Fsp3) is 0.917. The van der Waals surface area contributed by atoms with Crippen molar-refractivity contribution in [2.45, 2.75) is 64.0 Å². The van der Waals surface area contributed by atoms with E-state index in [1.807, 2.05) is 0 Å². The third-order valence-corrected chi connectivity index (χ3v) is 4.08. The summed E-state index contributed by atoms with van der Waals surface area (Å²) in [7, 11) is 0. The van der Waals surface area contributed by atoms with E-state index in [9.17, 15) is 0 Å². The minimum Gasteiger partial charge on any atom is -0.309 e. The van der Waals surface area contributed by atoms with Crippen molar-refractivity contribution >= 4 is 0 Å². The molecule has 0 unspecified atom stereocenters. The molecule has 0 saturated heterocycles. The maximum atomic E-state index is 9.16. The first-order chi connectivity index (χ1) is 6.60. The Morgan fingerprint density at radius 1 is 1.07 bits per heavy atom. The van der Waals surface area contributed by atoms with Gasteiger partial charge in [-0.1, -0.05) is 13.8 Å². The van der Waals surface area contributed by atoms with Crippen molar-refractivity contribution in [3.63, 3.8) is 0 Å². The molecule has 3 aliphatic carbocycles. The predicted molar refractivity (Wildman–Crippen MR) is 56.8 cm³/mol. The molecule has 0 aromatic rings. The highest BCUT2D eigenvalue weighted by molar-refractivity contribution is 5.12. The number of nitrogens with zero attached hydrogens (tertiary/aromatic N) is 1. The lowest BCUT2D eigenvalue weighted by molar-refractivity contribution is 0.0566. The Morgan fingerprint density at radius 2 is 1.57 bits per heavy atom. The van der Waals surface area contributed by atoms with E-state index in [1.165, 1.54) is 19.3 Å². The van der Waals surface area contributed by atoms with Crippen molar-refractivity contribution in [1.82, 2.24) is 5.32 Å². The van der Waals surface area contributed by atoms with Crippen molar-refractivity contribution < 1.29 is 0 Å². The molecule has 0 amide bonds. The topological polar surface area (TPSA) is 35.8 Å². The Bertz CT molecular complexity index is 237. The Labute approximate surface area is 86.7 Å². The second kappa shape index (κ2) is 3.24. The minimum atomic E-state index is 0.0560. The summed E-state index contributed by atoms with van der Waals surface area (Å²) in [6.45, 7) is 4.44. The maximum Gasteiger partial charge on any atom is 0.0689 e. The molecule has 0 atom stereocenters. The van der Waals surface area contributed by atoms with Gasteiger partial charge in [-0.2, -0.15) is 5.26 Å². The first kappa shape index (κ1) is 9.98. The normalized spacial score (nSPS) is 41.3. The third kappa shape index (κ3) is 1.54. The van der Waals surface area contributed by atoms with Gasteiger partial charge in [0.25, 0.3) is 0 Å². The molecule has 3 rings (SSSR count). The summed E-state index contributed by atoms with van der Waals surface area (Å²) in [4.78, 5) is 0. The quantitative estimate of drug-likeness (QED) is 0.730. The molecule has 2 heteroatoms. The monoisotopic (exact) mass is 192 g/mol. The third-order valence-electron chi connectivity index (χ3n) is 4.08. The van der Waals surface area contributed by atoms with E-state index in [0.29, 0.717) is 11.6 Å². The molecule has 0 aromatic carbocycles. The van der Waals surface area contributed by atoms with Crippen LogP contribution in [0.1, 0.15) is 52.4 Å². The highest BCUT2D eigenvalue weighted by Crippen LogP contribution is 2.51. The van der Waals surface area contributed by atoms with Crippen molar-refractivity contribution in [3.8, 4) is 6.07 Å². The second-order valence-electron chi connectivity index (χ2n) is 5.47. The first-order valence-electron chi connectivity index (χ1n) is 5.79. The smallest absolute Gasteiger partial charge is 0.0689 e. The molecule has 2 nitrogen and oxygen atoms in total. The van der Waals surface area contributed by atoms with Crippen molar-refractivity contribution in [2.75, 3.05) is 0 Å². The summed E-state index contributed by atoms with van der Waals surface area (Å²) < 4.78 is 0. The Kier molecular flexibility index (Phi) is 2.31. The molecule has 3 saturated carbocycles. The zero-order valence-electron chi connectivity index (χ0n) is 9.27. The predicted octanol–water partition coefficient (Wildman–Crippen LogP) is 2.60. The van der Waals surface area contributed by atoms with Gasteiger partial charge in [0.1, 0.15) is 0 Å². The number of nitriles is 1. The van der Waals surface area contributed by atoms with E-state index in [1.54, 1.807) is 0 Å². The summed E-state index contributed by atoms with van der Waals surface area (Å²) >= 11 is 0. The van der Waals surface area contributed by atoms with Crippen LogP contribution in [0.25, 0.3) is 0 Å². The number of hydrogen-bond donors (Lipinski definition) is 1. The molecule has 0 heterocycles. The fourth-order valence-corrected chi connectivity index (χ4v) is 3.18. The van der Waals surface area contributed by atoms with Crippen molar-refractivity contribution in [1.29, 1.82) is 5.26 Å². The van der Waals surface area contributed by atoms with Crippen LogP contribution in [0, 0.1) is 16.7 Å². The lowest BCUT2D eigenvalue weighted by Gasteiger charge is -2.51. The van der Waals surface area contributed by atoms with Gasteiger partial charge in [0.15, 0.2) is 0 Å². The average molecular weight is 192 g/mol. The van der Waals surface area contributed by atoms with Gasteiger partial charge in [-0.3, -0.25) is 0 Å². The van der Waals surface area contributed by atoms with E-state index in [0.717, 1.165) is 19.3 Å². The maximum absolute atomic E-state index is 9.16. The fourth-order valence-electron chi connectivity index (χ4n) is 3.18. The van der Waals surface area contributed by atoms with Gasteiger partial charge in [-0.15, -0.1) is 0 Å². The van der Waals surface area contributed by atoms with Gasteiger partial charge < -0.3 is 5.32 Å². The highest BCUT2D eigenvalue weighted by atomic mass is 15.0. The zero-order chi connectivity index (χ0) is 10.2. The lowest BCUT2D eigenvalue weighted by atomic mass is 9.58. The van der Waals surface area contributed by atoms with Crippen LogP contribution >= 0.6 is 0 Å². The number of nitrogens with one attached hydrogen (secondary N) is 1. The van der Waals surface area contributed by atoms with Gasteiger partial charge in [-0.05, 0) is 38.5 Å². The molecule has 1 N–H and O–H groups in total. The van der Waals surface area contributed by atoms with Gasteiger partial charge in [-0.25, -0.2) is 0 Å². The standard InChI is InChI=1S/C12H20N2/c1-10(2)14-12-6-3-11(9-13,4-7-12)5-8-12/h10,14H,3-8H2,1-2H3. The summed E-state index contributed by atoms with van der Waals surface area (Å²) in [6.07, 6.45) is 6.96. The van der Waals surface area contributed by atoms with Crippen LogP contribution in [0.2, 0.25) is 0 Å². The van der Waals surface area contributed by atoms with Crippen molar-refractivity contribution in [3.05, 3.63) is 0 Å². The number of hydrogen-bond acceptors (Lipinski definition) is 2. The molecule has 3 fully saturated rings. The Balaban J connectivity index is 2.06. The second-order valence-corrected chi connectivity index (χ2v) is 5.47. The van der Waals surface area contributed by atoms with Crippen LogP contribution < -0.4 is 5.32 Å². The Morgan fingerprint density at radius 3 is 1.93 bits per heavy atom. The van der Waals surface area contributed by atoms with Crippen LogP contribution in [-0.2, 0) is 0 Å². The molecule has 14 heavy (non-hydrogen) atoms. The van der Waals surface area contributed by atoms with Crippen LogP contribution in [0.3, 0.4) is 0 Å². The summed E-state index contributed by atoms with van der Waals surface area (Å²) in [6, 6.07) is 3.12.